The van der Waals surface area contributed by atoms with Gasteiger partial charge in [-0.2, -0.15) is 0 Å². The van der Waals surface area contributed by atoms with Crippen LogP contribution in [0, 0.1) is 10.7 Å². The number of aromatic nitrogens is 3. The zero-order chi connectivity index (χ0) is 14.6. The molecule has 0 aromatic carbocycles. The summed E-state index contributed by atoms with van der Waals surface area (Å²) in [6.07, 6.45) is 0. The topological polar surface area (TPSA) is 40.1 Å². The fourth-order valence-corrected chi connectivity index (χ4v) is 2.36. The van der Waals surface area contributed by atoms with E-state index in [4.69, 9.17) is 12.2 Å². The smallest absolute Gasteiger partial charge is 0.226 e. The lowest BCUT2D eigenvalue weighted by Gasteiger charge is -2.28. The van der Waals surface area contributed by atoms with Gasteiger partial charge in [0.1, 0.15) is 0 Å². The van der Waals surface area contributed by atoms with Gasteiger partial charge in [0, 0.05) is 25.7 Å². The minimum atomic E-state index is 0.315. The second-order valence-electron chi connectivity index (χ2n) is 5.94. The van der Waals surface area contributed by atoms with Crippen LogP contribution in [-0.4, -0.2) is 53.4 Å². The van der Waals surface area contributed by atoms with Gasteiger partial charge in [0.25, 0.3) is 0 Å². The molecule has 0 bridgehead atoms. The largest absolute Gasteiger partial charge is 0.339 e. The van der Waals surface area contributed by atoms with Crippen LogP contribution in [0.25, 0.3) is 0 Å². The van der Waals surface area contributed by atoms with E-state index < -0.39 is 0 Å². The van der Waals surface area contributed by atoms with Crippen LogP contribution in [0.15, 0.2) is 0 Å². The highest BCUT2D eigenvalue weighted by molar-refractivity contribution is 7.71. The van der Waals surface area contributed by atoms with Crippen LogP contribution in [0.4, 0.5) is 5.95 Å². The molecule has 1 aromatic rings. The summed E-state index contributed by atoms with van der Waals surface area (Å²) in [5.74, 6) is 1.54. The Morgan fingerprint density at radius 3 is 2.32 bits per heavy atom. The highest BCUT2D eigenvalue weighted by atomic mass is 32.1. The molecular formula is C13H27N5S. The van der Waals surface area contributed by atoms with Crippen molar-refractivity contribution in [3.63, 3.8) is 0 Å². The number of anilines is 1. The molecule has 19 heavy (non-hydrogen) atoms. The van der Waals surface area contributed by atoms with Crippen molar-refractivity contribution in [3.8, 4) is 0 Å². The van der Waals surface area contributed by atoms with E-state index in [9.17, 15) is 0 Å². The van der Waals surface area contributed by atoms with Gasteiger partial charge in [-0.3, -0.25) is 4.57 Å². The Morgan fingerprint density at radius 2 is 1.84 bits per heavy atom. The molecule has 0 saturated carbocycles. The van der Waals surface area contributed by atoms with Crippen molar-refractivity contribution in [1.29, 1.82) is 0 Å². The summed E-state index contributed by atoms with van der Waals surface area (Å²) in [7, 11) is 4.18. The molecular weight excluding hydrogens is 258 g/mol. The van der Waals surface area contributed by atoms with E-state index in [1.54, 1.807) is 0 Å². The van der Waals surface area contributed by atoms with Gasteiger partial charge in [-0.15, -0.1) is 5.10 Å². The minimum Gasteiger partial charge on any atom is -0.339 e. The van der Waals surface area contributed by atoms with E-state index in [1.807, 2.05) is 0 Å². The fourth-order valence-electron chi connectivity index (χ4n) is 2.02. The van der Waals surface area contributed by atoms with E-state index >= 15 is 0 Å². The number of nitrogens with one attached hydrogen (secondary N) is 1. The number of hydrogen-bond acceptors (Lipinski definition) is 4. The average Bonchev–Trinajstić information content (AvgIpc) is 2.65. The van der Waals surface area contributed by atoms with Gasteiger partial charge in [-0.1, -0.05) is 13.8 Å². The van der Waals surface area contributed by atoms with E-state index in [1.165, 1.54) is 0 Å². The Kier molecular flexibility index (Phi) is 6.00. The second-order valence-corrected chi connectivity index (χ2v) is 6.32. The van der Waals surface area contributed by atoms with Gasteiger partial charge in [-0.25, -0.2) is 5.10 Å². The molecule has 1 N–H and O–H groups in total. The standard InChI is InChI=1S/C13H27N5S/c1-10(2)9-17(8-7-16(5)6)12-14-15-13(19)18(12)11(3)4/h10-11H,7-9H2,1-6H3,(H,15,19). The van der Waals surface area contributed by atoms with Crippen molar-refractivity contribution < 1.29 is 0 Å². The Hall–Kier alpha value is -0.880. The molecule has 0 fully saturated rings. The van der Waals surface area contributed by atoms with Gasteiger partial charge in [-0.05, 0) is 46.1 Å². The van der Waals surface area contributed by atoms with Crippen molar-refractivity contribution in [2.45, 2.75) is 33.7 Å². The maximum Gasteiger partial charge on any atom is 0.226 e. The summed E-state index contributed by atoms with van der Waals surface area (Å²) in [5, 5.41) is 7.34. The zero-order valence-electron chi connectivity index (χ0n) is 13.0. The SMILES string of the molecule is CC(C)CN(CCN(C)C)c1n[nH]c(=S)n1C(C)C. The third-order valence-electron chi connectivity index (χ3n) is 2.89. The fraction of sp³-hybridized carbons (Fsp3) is 0.846. The summed E-state index contributed by atoms with van der Waals surface area (Å²) in [5.41, 5.74) is 0. The number of rotatable bonds is 7. The summed E-state index contributed by atoms with van der Waals surface area (Å²) in [6, 6.07) is 0.315. The molecule has 1 aromatic heterocycles. The number of H-pyrrole nitrogens is 1. The molecule has 110 valence electrons. The molecule has 0 radical (unpaired) electrons. The molecule has 0 aliphatic rings. The van der Waals surface area contributed by atoms with Crippen LogP contribution in [0.3, 0.4) is 0 Å². The van der Waals surface area contributed by atoms with Crippen molar-refractivity contribution in [2.24, 2.45) is 5.92 Å². The molecule has 5 nitrogen and oxygen atoms in total. The molecule has 1 heterocycles. The van der Waals surface area contributed by atoms with E-state index in [-0.39, 0.29) is 0 Å². The summed E-state index contributed by atoms with van der Waals surface area (Å²) in [4.78, 5) is 4.51. The summed E-state index contributed by atoms with van der Waals surface area (Å²) in [6.45, 7) is 11.7. The molecule has 0 saturated heterocycles. The summed E-state index contributed by atoms with van der Waals surface area (Å²) < 4.78 is 2.79. The van der Waals surface area contributed by atoms with Crippen LogP contribution in [0.1, 0.15) is 33.7 Å². The average molecular weight is 285 g/mol. The predicted octanol–water partition coefficient (Wildman–Crippen LogP) is 2.55. The molecule has 1 rings (SSSR count). The Balaban J connectivity index is 2.99. The molecule has 0 spiro atoms. The summed E-state index contributed by atoms with van der Waals surface area (Å²) >= 11 is 5.33. The van der Waals surface area contributed by atoms with E-state index in [0.717, 1.165) is 25.6 Å². The number of hydrogen-bond donors (Lipinski definition) is 1. The highest BCUT2D eigenvalue weighted by Gasteiger charge is 2.17. The zero-order valence-corrected chi connectivity index (χ0v) is 13.8. The van der Waals surface area contributed by atoms with Gasteiger partial charge in [0.15, 0.2) is 4.77 Å². The Morgan fingerprint density at radius 1 is 1.21 bits per heavy atom. The third-order valence-corrected chi connectivity index (χ3v) is 3.18. The molecule has 6 heteroatoms. The lowest BCUT2D eigenvalue weighted by molar-refractivity contribution is 0.405. The van der Waals surface area contributed by atoms with Crippen LogP contribution in [0.5, 0.6) is 0 Å². The first-order chi connectivity index (χ1) is 8.82. The van der Waals surface area contributed by atoms with Crippen LogP contribution >= 0.6 is 12.2 Å². The highest BCUT2D eigenvalue weighted by Crippen LogP contribution is 2.18. The molecule has 0 unspecified atom stereocenters. The van der Waals surface area contributed by atoms with Gasteiger partial charge in [0.2, 0.25) is 5.95 Å². The first-order valence-corrected chi connectivity index (χ1v) is 7.30. The van der Waals surface area contributed by atoms with Gasteiger partial charge in [0.05, 0.1) is 0 Å². The van der Waals surface area contributed by atoms with Gasteiger partial charge >= 0.3 is 0 Å². The molecule has 0 aliphatic heterocycles. The Bertz CT molecular complexity index is 432. The van der Waals surface area contributed by atoms with Crippen molar-refractivity contribution >= 4 is 18.2 Å². The predicted molar refractivity (Wildman–Crippen MR) is 83.4 cm³/mol. The normalized spacial score (nSPS) is 11.8. The quantitative estimate of drug-likeness (QED) is 0.782. The monoisotopic (exact) mass is 285 g/mol. The second kappa shape index (κ2) is 7.05. The maximum atomic E-state index is 5.33. The lowest BCUT2D eigenvalue weighted by atomic mass is 10.2. The number of likely N-dealkylation sites (N-methyl/N-ethyl adjacent to an activating group) is 1. The van der Waals surface area contributed by atoms with E-state index in [2.05, 4.69) is 66.4 Å². The first-order valence-electron chi connectivity index (χ1n) is 6.89. The van der Waals surface area contributed by atoms with Gasteiger partial charge < -0.3 is 9.80 Å². The van der Waals surface area contributed by atoms with E-state index in [0.29, 0.717) is 16.7 Å². The molecule has 0 amide bonds. The molecule has 0 aliphatic carbocycles. The number of aromatic amines is 1. The van der Waals surface area contributed by atoms with Crippen molar-refractivity contribution in [2.75, 3.05) is 38.6 Å². The van der Waals surface area contributed by atoms with Crippen molar-refractivity contribution in [3.05, 3.63) is 4.77 Å². The minimum absolute atomic E-state index is 0.315. The van der Waals surface area contributed by atoms with Crippen LogP contribution in [-0.2, 0) is 0 Å². The molecule has 0 atom stereocenters. The maximum absolute atomic E-state index is 5.33. The van der Waals surface area contributed by atoms with Crippen LogP contribution < -0.4 is 4.90 Å². The third kappa shape index (κ3) is 4.62. The first kappa shape index (κ1) is 16.2. The lowest BCUT2D eigenvalue weighted by Crippen LogP contribution is -2.36. The Labute approximate surface area is 121 Å². The van der Waals surface area contributed by atoms with Crippen LogP contribution in [0.2, 0.25) is 0 Å². The van der Waals surface area contributed by atoms with Crippen molar-refractivity contribution in [1.82, 2.24) is 19.7 Å². The number of nitrogens with zero attached hydrogens (tertiary/aromatic N) is 4.